The van der Waals surface area contributed by atoms with Crippen LogP contribution in [0.4, 0.5) is 10.5 Å². The molecule has 1 amide bonds. The molecule has 1 aliphatic carbocycles. The topological polar surface area (TPSA) is 78.9 Å². The Balaban J connectivity index is 1.25. The fraction of sp³-hybridized carbons (Fsp3) is 0.310. The Hall–Kier alpha value is -3.80. The van der Waals surface area contributed by atoms with Gasteiger partial charge in [-0.3, -0.25) is 0 Å². The second kappa shape index (κ2) is 9.82. The summed E-state index contributed by atoms with van der Waals surface area (Å²) in [6.45, 7) is 4.29. The van der Waals surface area contributed by atoms with Crippen LogP contribution in [0.5, 0.6) is 0 Å². The molecular formula is C29H30N2O4. The number of hydrogen-bond acceptors (Lipinski definition) is 4. The number of carbonyl (C=O) groups is 2. The summed E-state index contributed by atoms with van der Waals surface area (Å²) in [6, 6.07) is 21.3. The number of hydrogen-bond donors (Lipinski definition) is 2. The Kier molecular flexibility index (Phi) is 6.45. The quantitative estimate of drug-likeness (QED) is 0.508. The molecule has 3 aromatic carbocycles. The number of rotatable bonds is 7. The number of fused-ring (bicyclic) bond motifs is 4. The lowest BCUT2D eigenvalue weighted by atomic mass is 9.96. The zero-order valence-electron chi connectivity index (χ0n) is 19.9. The molecule has 6 nitrogen and oxygen atoms in total. The number of ether oxygens (including phenoxy) is 1. The fourth-order valence-corrected chi connectivity index (χ4v) is 5.40. The first kappa shape index (κ1) is 23.0. The van der Waals surface area contributed by atoms with Gasteiger partial charge in [-0.25, -0.2) is 9.59 Å². The predicted octanol–water partition coefficient (Wildman–Crippen LogP) is 4.99. The van der Waals surface area contributed by atoms with Gasteiger partial charge in [-0.05, 0) is 59.2 Å². The highest BCUT2D eigenvalue weighted by molar-refractivity contribution is 5.81. The van der Waals surface area contributed by atoms with Gasteiger partial charge in [-0.1, -0.05) is 60.7 Å². The molecule has 1 unspecified atom stereocenters. The zero-order valence-corrected chi connectivity index (χ0v) is 19.9. The summed E-state index contributed by atoms with van der Waals surface area (Å²) in [7, 11) is 0. The van der Waals surface area contributed by atoms with E-state index in [1.807, 2.05) is 30.3 Å². The van der Waals surface area contributed by atoms with Crippen molar-refractivity contribution in [2.45, 2.75) is 38.1 Å². The van der Waals surface area contributed by atoms with E-state index in [4.69, 9.17) is 4.74 Å². The summed E-state index contributed by atoms with van der Waals surface area (Å²) in [5.41, 5.74) is 7.88. The molecule has 1 atom stereocenters. The van der Waals surface area contributed by atoms with Crippen molar-refractivity contribution in [2.75, 3.05) is 24.6 Å². The van der Waals surface area contributed by atoms with Crippen LogP contribution in [0.3, 0.4) is 0 Å². The zero-order chi connectivity index (χ0) is 24.4. The number of anilines is 1. The highest BCUT2D eigenvalue weighted by Crippen LogP contribution is 2.44. The van der Waals surface area contributed by atoms with E-state index >= 15 is 0 Å². The number of carboxylic acid groups (broad SMARTS) is 1. The molecule has 2 aliphatic rings. The van der Waals surface area contributed by atoms with Gasteiger partial charge in [0, 0.05) is 31.1 Å². The predicted molar refractivity (Wildman–Crippen MR) is 136 cm³/mol. The average Bonchev–Trinajstić information content (AvgIpc) is 3.20. The van der Waals surface area contributed by atoms with Crippen molar-refractivity contribution in [3.05, 3.63) is 89.0 Å². The minimum Gasteiger partial charge on any atom is -0.480 e. The highest BCUT2D eigenvalue weighted by Gasteiger charge is 2.30. The molecule has 1 heterocycles. The van der Waals surface area contributed by atoms with Crippen LogP contribution < -0.4 is 10.2 Å². The molecular weight excluding hydrogens is 440 g/mol. The minimum atomic E-state index is -1.08. The Labute approximate surface area is 205 Å². The van der Waals surface area contributed by atoms with Crippen LogP contribution in [0.2, 0.25) is 0 Å². The standard InChI is InChI=1S/C29H30N2O4/c1-2-31-15-7-8-20-16-19(13-14-27(20)31)17-26(28(32)33)30-29(34)35-18-25-23-11-5-3-9-21(23)22-10-4-6-12-24(22)25/h3-6,9-14,16,25-26H,2,7-8,15,17-18H2,1H3,(H,30,34)(H,32,33). The smallest absolute Gasteiger partial charge is 0.407 e. The molecule has 0 radical (unpaired) electrons. The lowest BCUT2D eigenvalue weighted by molar-refractivity contribution is -0.139. The molecule has 0 fully saturated rings. The summed E-state index contributed by atoms with van der Waals surface area (Å²) in [5.74, 6) is -1.15. The molecule has 2 N–H and O–H groups in total. The average molecular weight is 471 g/mol. The highest BCUT2D eigenvalue weighted by atomic mass is 16.5. The van der Waals surface area contributed by atoms with Crippen molar-refractivity contribution in [3.63, 3.8) is 0 Å². The van der Waals surface area contributed by atoms with E-state index in [1.165, 1.54) is 11.3 Å². The number of aliphatic carboxylic acids is 1. The van der Waals surface area contributed by atoms with Crippen molar-refractivity contribution in [2.24, 2.45) is 0 Å². The Morgan fingerprint density at radius 1 is 1.06 bits per heavy atom. The number of nitrogens with zero attached hydrogens (tertiary/aromatic N) is 1. The number of benzene rings is 3. The SMILES string of the molecule is CCN1CCCc2cc(CC(NC(=O)OCC3c4ccccc4-c4ccccc43)C(=O)O)ccc21. The van der Waals surface area contributed by atoms with E-state index in [0.29, 0.717) is 0 Å². The summed E-state index contributed by atoms with van der Waals surface area (Å²) in [4.78, 5) is 26.9. The summed E-state index contributed by atoms with van der Waals surface area (Å²) < 4.78 is 5.56. The molecule has 6 heteroatoms. The summed E-state index contributed by atoms with van der Waals surface area (Å²) in [6.07, 6.45) is 1.57. The lowest BCUT2D eigenvalue weighted by Gasteiger charge is -2.30. The van der Waals surface area contributed by atoms with Crippen molar-refractivity contribution in [1.29, 1.82) is 0 Å². The maximum Gasteiger partial charge on any atom is 0.407 e. The van der Waals surface area contributed by atoms with E-state index in [9.17, 15) is 14.7 Å². The first-order chi connectivity index (χ1) is 17.0. The number of aryl methyl sites for hydroxylation is 1. The first-order valence-corrected chi connectivity index (χ1v) is 12.3. The largest absolute Gasteiger partial charge is 0.480 e. The normalized spacial score (nSPS) is 15.1. The second-order valence-electron chi connectivity index (χ2n) is 9.21. The molecule has 0 bridgehead atoms. The number of nitrogens with one attached hydrogen (secondary N) is 1. The number of alkyl carbamates (subject to hydrolysis) is 1. The third kappa shape index (κ3) is 4.61. The van der Waals surface area contributed by atoms with E-state index in [0.717, 1.165) is 53.7 Å². The van der Waals surface area contributed by atoms with Gasteiger partial charge in [0.15, 0.2) is 0 Å². The second-order valence-corrected chi connectivity index (χ2v) is 9.21. The maximum absolute atomic E-state index is 12.6. The Bertz CT molecular complexity index is 1210. The van der Waals surface area contributed by atoms with Crippen molar-refractivity contribution >= 4 is 17.7 Å². The summed E-state index contributed by atoms with van der Waals surface area (Å²) >= 11 is 0. The van der Waals surface area contributed by atoms with Crippen LogP contribution in [0, 0.1) is 0 Å². The maximum atomic E-state index is 12.6. The van der Waals surface area contributed by atoms with Crippen LogP contribution in [-0.2, 0) is 22.4 Å². The molecule has 0 saturated heterocycles. The van der Waals surface area contributed by atoms with E-state index < -0.39 is 18.1 Å². The molecule has 0 saturated carbocycles. The van der Waals surface area contributed by atoms with Gasteiger partial charge in [0.25, 0.3) is 0 Å². The van der Waals surface area contributed by atoms with E-state index in [2.05, 4.69) is 53.5 Å². The van der Waals surface area contributed by atoms with Gasteiger partial charge < -0.3 is 20.1 Å². The fourth-order valence-electron chi connectivity index (χ4n) is 5.40. The number of carboxylic acids is 1. The molecule has 0 spiro atoms. The lowest BCUT2D eigenvalue weighted by Crippen LogP contribution is -2.43. The van der Waals surface area contributed by atoms with Crippen molar-refractivity contribution < 1.29 is 19.4 Å². The van der Waals surface area contributed by atoms with E-state index in [1.54, 1.807) is 0 Å². The van der Waals surface area contributed by atoms with Gasteiger partial charge in [0.1, 0.15) is 12.6 Å². The van der Waals surface area contributed by atoms with Crippen molar-refractivity contribution in [1.82, 2.24) is 5.32 Å². The van der Waals surface area contributed by atoms with Crippen LogP contribution in [0.25, 0.3) is 11.1 Å². The molecule has 5 rings (SSSR count). The van der Waals surface area contributed by atoms with Gasteiger partial charge in [-0.2, -0.15) is 0 Å². The summed E-state index contributed by atoms with van der Waals surface area (Å²) in [5, 5.41) is 12.3. The van der Waals surface area contributed by atoms with Gasteiger partial charge in [0.05, 0.1) is 0 Å². The van der Waals surface area contributed by atoms with Crippen LogP contribution >= 0.6 is 0 Å². The van der Waals surface area contributed by atoms with Gasteiger partial charge in [-0.15, -0.1) is 0 Å². The van der Waals surface area contributed by atoms with E-state index in [-0.39, 0.29) is 18.9 Å². The third-order valence-electron chi connectivity index (χ3n) is 7.11. The molecule has 35 heavy (non-hydrogen) atoms. The molecule has 1 aliphatic heterocycles. The first-order valence-electron chi connectivity index (χ1n) is 12.3. The minimum absolute atomic E-state index is 0.0708. The molecule has 180 valence electrons. The monoisotopic (exact) mass is 470 g/mol. The molecule has 0 aromatic heterocycles. The van der Waals surface area contributed by atoms with Gasteiger partial charge in [0.2, 0.25) is 0 Å². The van der Waals surface area contributed by atoms with Crippen molar-refractivity contribution in [3.8, 4) is 11.1 Å². The Morgan fingerprint density at radius 2 is 1.74 bits per heavy atom. The number of amides is 1. The molecule has 3 aromatic rings. The Morgan fingerprint density at radius 3 is 2.40 bits per heavy atom. The number of carbonyl (C=O) groups excluding carboxylic acids is 1. The third-order valence-corrected chi connectivity index (χ3v) is 7.11. The van der Waals surface area contributed by atoms with Crippen LogP contribution in [0.1, 0.15) is 41.5 Å². The van der Waals surface area contributed by atoms with Gasteiger partial charge >= 0.3 is 12.1 Å². The van der Waals surface area contributed by atoms with Crippen LogP contribution in [0.15, 0.2) is 66.7 Å². The van der Waals surface area contributed by atoms with Crippen LogP contribution in [-0.4, -0.2) is 42.9 Å².